The number of hydrogen-bond acceptors (Lipinski definition) is 5. The summed E-state index contributed by atoms with van der Waals surface area (Å²) in [5, 5.41) is 13.2. The topological polar surface area (TPSA) is 85.8 Å². The summed E-state index contributed by atoms with van der Waals surface area (Å²) >= 11 is 0. The highest BCUT2D eigenvalue weighted by atomic mass is 35.5. The van der Waals surface area contributed by atoms with E-state index >= 15 is 0 Å². The zero-order valence-electron chi connectivity index (χ0n) is 19.5. The number of nitrogens with one attached hydrogen (secondary N) is 1. The Bertz CT molecular complexity index is 1120. The standard InChI is InChI=1S/C25H28N4O3.3ClH/c1-2-3-9-24(30)26-18-10-11-22-20(16-18)21(25(31)32)17-23(27-22)29-14-12-28(13-15-29)19-7-5-4-6-8-19;;;/h4-8,10-11,16-17H,2-3,9,12-15H2,1H3,(H,26,30)(H,31,32);3*1H. The monoisotopic (exact) mass is 540 g/mol. The lowest BCUT2D eigenvalue weighted by molar-refractivity contribution is -0.116. The number of carboxylic acid groups (broad SMARTS) is 1. The fraction of sp³-hybridized carbons (Fsp3) is 0.320. The van der Waals surface area contributed by atoms with Crippen molar-refractivity contribution in [3.63, 3.8) is 0 Å². The molecule has 0 spiro atoms. The molecule has 1 aromatic heterocycles. The number of carbonyl (C=O) groups excluding carboxylic acids is 1. The maximum absolute atomic E-state index is 12.1. The van der Waals surface area contributed by atoms with E-state index in [0.29, 0.717) is 28.8 Å². The number of carbonyl (C=O) groups is 2. The minimum atomic E-state index is -1.00. The number of carboxylic acids is 1. The minimum Gasteiger partial charge on any atom is -0.478 e. The molecule has 1 fully saturated rings. The highest BCUT2D eigenvalue weighted by Gasteiger charge is 2.21. The Hall–Kier alpha value is -2.74. The summed E-state index contributed by atoms with van der Waals surface area (Å²) in [5.41, 5.74) is 2.59. The normalized spacial score (nSPS) is 12.7. The van der Waals surface area contributed by atoms with Crippen molar-refractivity contribution in [3.8, 4) is 0 Å². The van der Waals surface area contributed by atoms with E-state index in [1.807, 2.05) is 25.1 Å². The van der Waals surface area contributed by atoms with Crippen LogP contribution < -0.4 is 15.1 Å². The van der Waals surface area contributed by atoms with Crippen molar-refractivity contribution in [3.05, 3.63) is 60.2 Å². The molecule has 2 N–H and O–H groups in total. The second-order valence-electron chi connectivity index (χ2n) is 8.03. The van der Waals surface area contributed by atoms with Gasteiger partial charge in [0, 0.05) is 49.4 Å². The maximum Gasteiger partial charge on any atom is 0.336 e. The summed E-state index contributed by atoms with van der Waals surface area (Å²) in [6.07, 6.45) is 2.22. The summed E-state index contributed by atoms with van der Waals surface area (Å²) in [4.78, 5) is 33.3. The second-order valence-corrected chi connectivity index (χ2v) is 8.03. The zero-order valence-corrected chi connectivity index (χ0v) is 21.9. The van der Waals surface area contributed by atoms with E-state index in [1.165, 1.54) is 5.69 Å². The molecule has 3 aromatic rings. The molecule has 2 aromatic carbocycles. The van der Waals surface area contributed by atoms with Crippen molar-refractivity contribution in [2.45, 2.75) is 26.2 Å². The van der Waals surface area contributed by atoms with Crippen LogP contribution in [0.4, 0.5) is 17.2 Å². The predicted octanol–water partition coefficient (Wildman–Crippen LogP) is 5.65. The Kier molecular flexibility index (Phi) is 12.1. The fourth-order valence-electron chi connectivity index (χ4n) is 4.02. The number of halogens is 3. The number of para-hydroxylation sites is 1. The SMILES string of the molecule is CCCCC(=O)Nc1ccc2nc(N3CCN(c4ccccc4)CC3)cc(C(=O)O)c2c1.Cl.Cl.Cl. The Balaban J connectivity index is 0.00000204. The number of amides is 1. The fourth-order valence-corrected chi connectivity index (χ4v) is 4.02. The quantitative estimate of drug-likeness (QED) is 0.402. The first kappa shape index (κ1) is 30.3. The Labute approximate surface area is 224 Å². The van der Waals surface area contributed by atoms with Crippen LogP contribution >= 0.6 is 37.2 Å². The summed E-state index contributed by atoms with van der Waals surface area (Å²) in [6.45, 7) is 5.24. The van der Waals surface area contributed by atoms with E-state index in [4.69, 9.17) is 4.98 Å². The number of unbranched alkanes of at least 4 members (excludes halogenated alkanes) is 1. The van der Waals surface area contributed by atoms with Crippen LogP contribution in [0.5, 0.6) is 0 Å². The van der Waals surface area contributed by atoms with E-state index in [1.54, 1.807) is 24.3 Å². The molecule has 0 atom stereocenters. The molecule has 1 saturated heterocycles. The second kappa shape index (κ2) is 14.0. The highest BCUT2D eigenvalue weighted by Crippen LogP contribution is 2.27. The van der Waals surface area contributed by atoms with Crippen LogP contribution in [0.1, 0.15) is 36.5 Å². The van der Waals surface area contributed by atoms with Crippen LogP contribution in [0.3, 0.4) is 0 Å². The van der Waals surface area contributed by atoms with Crippen molar-refractivity contribution in [1.29, 1.82) is 0 Å². The molecule has 0 bridgehead atoms. The Morgan fingerprint density at radius 1 is 0.943 bits per heavy atom. The Morgan fingerprint density at radius 2 is 1.60 bits per heavy atom. The third kappa shape index (κ3) is 7.37. The zero-order chi connectivity index (χ0) is 22.5. The van der Waals surface area contributed by atoms with Crippen molar-refractivity contribution < 1.29 is 14.7 Å². The molecule has 1 aliphatic heterocycles. The third-order valence-corrected chi connectivity index (χ3v) is 5.79. The van der Waals surface area contributed by atoms with E-state index in [-0.39, 0.29) is 48.7 Å². The molecule has 1 amide bonds. The number of pyridine rings is 1. The van der Waals surface area contributed by atoms with Crippen molar-refractivity contribution >= 4 is 77.2 Å². The number of aromatic carboxylic acids is 1. The van der Waals surface area contributed by atoms with Crippen LogP contribution in [0.15, 0.2) is 54.6 Å². The number of fused-ring (bicyclic) bond motifs is 1. The maximum atomic E-state index is 12.1. The van der Waals surface area contributed by atoms with Crippen molar-refractivity contribution in [2.24, 2.45) is 0 Å². The van der Waals surface area contributed by atoms with Crippen LogP contribution in [0, 0.1) is 0 Å². The molecule has 2 heterocycles. The molecule has 190 valence electrons. The number of rotatable bonds is 7. The molecular formula is C25H31Cl3N4O3. The molecule has 1 aliphatic rings. The van der Waals surface area contributed by atoms with Crippen molar-refractivity contribution in [1.82, 2.24) is 4.98 Å². The molecular weight excluding hydrogens is 511 g/mol. The average Bonchev–Trinajstić information content (AvgIpc) is 2.82. The molecule has 0 radical (unpaired) electrons. The number of aromatic nitrogens is 1. The molecule has 4 rings (SSSR count). The van der Waals surface area contributed by atoms with Gasteiger partial charge in [-0.25, -0.2) is 9.78 Å². The summed E-state index contributed by atoms with van der Waals surface area (Å²) in [6, 6.07) is 17.2. The lowest BCUT2D eigenvalue weighted by Crippen LogP contribution is -2.46. The number of benzene rings is 2. The molecule has 0 unspecified atom stereocenters. The van der Waals surface area contributed by atoms with E-state index in [9.17, 15) is 14.7 Å². The first-order valence-corrected chi connectivity index (χ1v) is 11.1. The number of nitrogens with zero attached hydrogens (tertiary/aromatic N) is 3. The number of hydrogen-bond donors (Lipinski definition) is 2. The van der Waals surface area contributed by atoms with Gasteiger partial charge in [-0.15, -0.1) is 37.2 Å². The van der Waals surface area contributed by atoms with Gasteiger partial charge in [0.05, 0.1) is 11.1 Å². The summed E-state index contributed by atoms with van der Waals surface area (Å²) in [7, 11) is 0. The summed E-state index contributed by atoms with van der Waals surface area (Å²) in [5.74, 6) is -0.401. The largest absolute Gasteiger partial charge is 0.478 e. The lowest BCUT2D eigenvalue weighted by atomic mass is 10.1. The summed E-state index contributed by atoms with van der Waals surface area (Å²) < 4.78 is 0. The molecule has 7 nitrogen and oxygen atoms in total. The lowest BCUT2D eigenvalue weighted by Gasteiger charge is -2.37. The first-order valence-electron chi connectivity index (χ1n) is 11.1. The van der Waals surface area contributed by atoms with Gasteiger partial charge in [-0.3, -0.25) is 4.79 Å². The van der Waals surface area contributed by atoms with E-state index in [2.05, 4.69) is 27.2 Å². The third-order valence-electron chi connectivity index (χ3n) is 5.79. The van der Waals surface area contributed by atoms with Crippen LogP contribution in [0.2, 0.25) is 0 Å². The van der Waals surface area contributed by atoms with Gasteiger partial charge in [-0.2, -0.15) is 0 Å². The number of anilines is 3. The van der Waals surface area contributed by atoms with Crippen molar-refractivity contribution in [2.75, 3.05) is 41.3 Å². The van der Waals surface area contributed by atoms with Gasteiger partial charge in [-0.05, 0) is 42.8 Å². The number of piperazine rings is 1. The van der Waals surface area contributed by atoms with Gasteiger partial charge in [0.1, 0.15) is 5.82 Å². The molecule has 35 heavy (non-hydrogen) atoms. The molecule has 10 heteroatoms. The first-order chi connectivity index (χ1) is 15.5. The van der Waals surface area contributed by atoms with Crippen LogP contribution in [0.25, 0.3) is 10.9 Å². The van der Waals surface area contributed by atoms with Gasteiger partial charge in [0.15, 0.2) is 0 Å². The van der Waals surface area contributed by atoms with E-state index in [0.717, 1.165) is 39.0 Å². The molecule has 0 saturated carbocycles. The predicted molar refractivity (Wildman–Crippen MR) is 149 cm³/mol. The van der Waals surface area contributed by atoms with Crippen LogP contribution in [-0.4, -0.2) is 48.1 Å². The smallest absolute Gasteiger partial charge is 0.336 e. The minimum absolute atomic E-state index is 0. The average molecular weight is 542 g/mol. The molecule has 0 aliphatic carbocycles. The van der Waals surface area contributed by atoms with Gasteiger partial charge in [0.2, 0.25) is 5.91 Å². The highest BCUT2D eigenvalue weighted by molar-refractivity contribution is 6.05. The van der Waals surface area contributed by atoms with E-state index < -0.39 is 5.97 Å². The van der Waals surface area contributed by atoms with Gasteiger partial charge >= 0.3 is 5.97 Å². The van der Waals surface area contributed by atoms with Gasteiger partial charge in [-0.1, -0.05) is 31.5 Å². The van der Waals surface area contributed by atoms with Crippen LogP contribution in [-0.2, 0) is 4.79 Å². The van der Waals surface area contributed by atoms with Gasteiger partial charge in [0.25, 0.3) is 0 Å². The van der Waals surface area contributed by atoms with Gasteiger partial charge < -0.3 is 20.2 Å². The Morgan fingerprint density at radius 3 is 2.23 bits per heavy atom.